The third kappa shape index (κ3) is 2.57. The minimum Gasteiger partial charge on any atom is -0.494 e. The van der Waals surface area contributed by atoms with Gasteiger partial charge in [0.05, 0.1) is 24.1 Å². The summed E-state index contributed by atoms with van der Waals surface area (Å²) < 4.78 is 7.42. The third-order valence-corrected chi connectivity index (χ3v) is 3.65. The molecule has 4 nitrogen and oxygen atoms in total. The first-order valence-corrected chi connectivity index (χ1v) is 7.50. The van der Waals surface area contributed by atoms with Gasteiger partial charge in [-0.05, 0) is 62.7 Å². The summed E-state index contributed by atoms with van der Waals surface area (Å²) in [7, 11) is 0. The van der Waals surface area contributed by atoms with Crippen LogP contribution in [0.5, 0.6) is 5.75 Å². The number of pyridine rings is 1. The van der Waals surface area contributed by atoms with E-state index in [1.54, 1.807) is 6.92 Å². The van der Waals surface area contributed by atoms with Gasteiger partial charge in [-0.15, -0.1) is 0 Å². The maximum atomic E-state index is 10.2. The van der Waals surface area contributed by atoms with Gasteiger partial charge in [-0.2, -0.15) is 0 Å². The molecular weight excluding hydrogens is 276 g/mol. The van der Waals surface area contributed by atoms with Gasteiger partial charge in [0.2, 0.25) is 0 Å². The second-order valence-corrected chi connectivity index (χ2v) is 5.41. The molecule has 3 rings (SSSR count). The Bertz CT molecular complexity index is 789. The van der Waals surface area contributed by atoms with Crippen LogP contribution in [0.3, 0.4) is 0 Å². The summed E-state index contributed by atoms with van der Waals surface area (Å²) in [5.74, 6) is 0.837. The van der Waals surface area contributed by atoms with Crippen LogP contribution in [0.4, 0.5) is 0 Å². The average Bonchev–Trinajstić information content (AvgIpc) is 2.87. The molecule has 0 saturated heterocycles. The summed E-state index contributed by atoms with van der Waals surface area (Å²) in [5.41, 5.74) is 4.58. The Balaban J connectivity index is 2.14. The number of aromatic nitrogens is 2. The molecule has 3 aromatic rings. The van der Waals surface area contributed by atoms with Crippen molar-refractivity contribution in [2.24, 2.45) is 0 Å². The number of aliphatic hydroxyl groups excluding tert-OH is 1. The molecule has 0 aliphatic heterocycles. The molecule has 0 saturated carbocycles. The third-order valence-electron chi connectivity index (χ3n) is 3.65. The zero-order chi connectivity index (χ0) is 15.7. The van der Waals surface area contributed by atoms with Crippen molar-refractivity contribution in [1.82, 2.24) is 9.38 Å². The van der Waals surface area contributed by atoms with E-state index in [0.29, 0.717) is 6.61 Å². The number of rotatable bonds is 4. The highest BCUT2D eigenvalue weighted by atomic mass is 16.5. The van der Waals surface area contributed by atoms with Gasteiger partial charge in [0.1, 0.15) is 11.4 Å². The molecule has 4 heteroatoms. The Hall–Kier alpha value is -2.33. The Morgan fingerprint density at radius 2 is 1.95 bits per heavy atom. The second kappa shape index (κ2) is 5.81. The summed E-state index contributed by atoms with van der Waals surface area (Å²) in [6.45, 7) is 6.41. The summed E-state index contributed by atoms with van der Waals surface area (Å²) >= 11 is 0. The molecule has 0 bridgehead atoms. The molecule has 22 heavy (non-hydrogen) atoms. The van der Waals surface area contributed by atoms with E-state index in [1.165, 1.54) is 0 Å². The molecule has 0 spiro atoms. The van der Waals surface area contributed by atoms with Crippen LogP contribution in [0.25, 0.3) is 16.9 Å². The Labute approximate surface area is 130 Å². The molecule has 1 unspecified atom stereocenters. The standard InChI is InChI=1S/C18H20N2O2/c1-4-22-15-7-5-14(6-8-15)17-18(13(3)21)20-10-9-12(2)11-16(20)19-17/h5-11,13,21H,4H2,1-3H3. The summed E-state index contributed by atoms with van der Waals surface area (Å²) in [4.78, 5) is 4.70. The number of ether oxygens (including phenoxy) is 1. The largest absolute Gasteiger partial charge is 0.494 e. The van der Waals surface area contributed by atoms with E-state index < -0.39 is 6.10 Å². The Morgan fingerprint density at radius 1 is 1.23 bits per heavy atom. The number of hydrogen-bond donors (Lipinski definition) is 1. The number of aliphatic hydroxyl groups is 1. The first-order valence-electron chi connectivity index (χ1n) is 7.50. The summed E-state index contributed by atoms with van der Waals surface area (Å²) in [6.07, 6.45) is 1.36. The number of nitrogens with zero attached hydrogens (tertiary/aromatic N) is 2. The van der Waals surface area contributed by atoms with Crippen molar-refractivity contribution in [3.05, 3.63) is 53.9 Å². The lowest BCUT2D eigenvalue weighted by molar-refractivity contribution is 0.194. The van der Waals surface area contributed by atoms with E-state index in [-0.39, 0.29) is 0 Å². The van der Waals surface area contributed by atoms with Gasteiger partial charge in [0.15, 0.2) is 0 Å². The molecule has 2 heterocycles. The van der Waals surface area contributed by atoms with E-state index >= 15 is 0 Å². The van der Waals surface area contributed by atoms with Crippen LogP contribution in [-0.2, 0) is 0 Å². The molecule has 0 fully saturated rings. The van der Waals surface area contributed by atoms with Gasteiger partial charge in [-0.3, -0.25) is 0 Å². The molecule has 0 amide bonds. The molecule has 114 valence electrons. The van der Waals surface area contributed by atoms with Crippen LogP contribution in [-0.4, -0.2) is 21.1 Å². The lowest BCUT2D eigenvalue weighted by Gasteiger charge is -2.09. The number of aryl methyl sites for hydroxylation is 1. The molecule has 0 radical (unpaired) electrons. The molecule has 2 aromatic heterocycles. The van der Waals surface area contributed by atoms with Gasteiger partial charge in [-0.25, -0.2) is 4.98 Å². The van der Waals surface area contributed by atoms with Crippen molar-refractivity contribution in [3.63, 3.8) is 0 Å². The fourth-order valence-corrected chi connectivity index (χ4v) is 2.65. The average molecular weight is 296 g/mol. The first-order chi connectivity index (χ1) is 10.6. The topological polar surface area (TPSA) is 46.8 Å². The van der Waals surface area contributed by atoms with Gasteiger partial charge in [0.25, 0.3) is 0 Å². The highest BCUT2D eigenvalue weighted by Gasteiger charge is 2.17. The van der Waals surface area contributed by atoms with E-state index in [2.05, 4.69) is 0 Å². The highest BCUT2D eigenvalue weighted by molar-refractivity contribution is 5.68. The van der Waals surface area contributed by atoms with Gasteiger partial charge < -0.3 is 14.2 Å². The van der Waals surface area contributed by atoms with Crippen molar-refractivity contribution in [1.29, 1.82) is 0 Å². The van der Waals surface area contributed by atoms with E-state index in [9.17, 15) is 5.11 Å². The van der Waals surface area contributed by atoms with Crippen molar-refractivity contribution < 1.29 is 9.84 Å². The Morgan fingerprint density at radius 3 is 2.59 bits per heavy atom. The minimum absolute atomic E-state index is 0.598. The van der Waals surface area contributed by atoms with Crippen molar-refractivity contribution in [2.45, 2.75) is 26.9 Å². The van der Waals surface area contributed by atoms with E-state index in [1.807, 2.05) is 60.8 Å². The van der Waals surface area contributed by atoms with Crippen molar-refractivity contribution >= 4 is 5.65 Å². The van der Waals surface area contributed by atoms with Crippen LogP contribution >= 0.6 is 0 Å². The van der Waals surface area contributed by atoms with Crippen LogP contribution in [0.2, 0.25) is 0 Å². The van der Waals surface area contributed by atoms with Gasteiger partial charge >= 0.3 is 0 Å². The van der Waals surface area contributed by atoms with Crippen LogP contribution in [0, 0.1) is 6.92 Å². The van der Waals surface area contributed by atoms with Crippen molar-refractivity contribution in [2.75, 3.05) is 6.61 Å². The summed E-state index contributed by atoms with van der Waals surface area (Å²) in [5, 5.41) is 10.2. The zero-order valence-electron chi connectivity index (χ0n) is 13.1. The monoisotopic (exact) mass is 296 g/mol. The van der Waals surface area contributed by atoms with Gasteiger partial charge in [0, 0.05) is 11.8 Å². The second-order valence-electron chi connectivity index (χ2n) is 5.41. The normalized spacial score (nSPS) is 12.5. The summed E-state index contributed by atoms with van der Waals surface area (Å²) in [6, 6.07) is 11.9. The molecule has 1 aromatic carbocycles. The predicted octanol–water partition coefficient (Wildman–Crippen LogP) is 3.76. The van der Waals surface area contributed by atoms with Crippen LogP contribution in [0.15, 0.2) is 42.6 Å². The number of fused-ring (bicyclic) bond motifs is 1. The van der Waals surface area contributed by atoms with Gasteiger partial charge in [-0.1, -0.05) is 0 Å². The van der Waals surface area contributed by atoms with Crippen LogP contribution < -0.4 is 4.74 Å². The number of benzene rings is 1. The van der Waals surface area contributed by atoms with Crippen molar-refractivity contribution in [3.8, 4) is 17.0 Å². The van der Waals surface area contributed by atoms with E-state index in [0.717, 1.165) is 33.9 Å². The lowest BCUT2D eigenvalue weighted by atomic mass is 10.1. The zero-order valence-corrected chi connectivity index (χ0v) is 13.1. The number of imidazole rings is 1. The molecular formula is C18H20N2O2. The van der Waals surface area contributed by atoms with E-state index in [4.69, 9.17) is 9.72 Å². The maximum Gasteiger partial charge on any atom is 0.138 e. The predicted molar refractivity (Wildman–Crippen MR) is 87.2 cm³/mol. The fourth-order valence-electron chi connectivity index (χ4n) is 2.65. The highest BCUT2D eigenvalue weighted by Crippen LogP contribution is 2.30. The number of hydrogen-bond acceptors (Lipinski definition) is 3. The molecule has 0 aliphatic rings. The maximum absolute atomic E-state index is 10.2. The van der Waals surface area contributed by atoms with Crippen LogP contribution in [0.1, 0.15) is 31.2 Å². The molecule has 1 N–H and O–H groups in total. The lowest BCUT2D eigenvalue weighted by Crippen LogP contribution is -1.99. The molecule has 0 aliphatic carbocycles. The Kier molecular flexibility index (Phi) is 3.86. The first kappa shape index (κ1) is 14.6. The quantitative estimate of drug-likeness (QED) is 0.797. The fraction of sp³-hybridized carbons (Fsp3) is 0.278. The SMILES string of the molecule is CCOc1ccc(-c2nc3cc(C)ccn3c2C(C)O)cc1. The minimum atomic E-state index is -0.598. The molecule has 1 atom stereocenters. The smallest absolute Gasteiger partial charge is 0.138 e.